The van der Waals surface area contributed by atoms with Gasteiger partial charge in [0.2, 0.25) is 0 Å². The lowest BCUT2D eigenvalue weighted by Gasteiger charge is -2.07. The molecule has 0 aliphatic heterocycles. The first-order valence-electron chi connectivity index (χ1n) is 5.01. The molecular weight excluding hydrogens is 300 g/mol. The van der Waals surface area contributed by atoms with Gasteiger partial charge < -0.3 is 15.8 Å². The van der Waals surface area contributed by atoms with E-state index in [9.17, 15) is 9.59 Å². The number of aromatic nitrogens is 1. The van der Waals surface area contributed by atoms with Gasteiger partial charge in [-0.15, -0.1) is 0 Å². The zero-order valence-electron chi connectivity index (χ0n) is 9.11. The quantitative estimate of drug-likeness (QED) is 0.791. The van der Waals surface area contributed by atoms with Crippen molar-refractivity contribution in [1.29, 1.82) is 0 Å². The number of anilines is 1. The highest BCUT2D eigenvalue weighted by Crippen LogP contribution is 2.24. The van der Waals surface area contributed by atoms with Crippen LogP contribution in [0.4, 0.5) is 5.82 Å². The summed E-state index contributed by atoms with van der Waals surface area (Å²) in [6.07, 6.45) is 0. The Morgan fingerprint density at radius 2 is 1.89 bits per heavy atom. The Hall–Kier alpha value is -2.08. The van der Waals surface area contributed by atoms with Crippen LogP contribution in [0.5, 0.6) is 0 Å². The molecule has 0 fully saturated rings. The summed E-state index contributed by atoms with van der Waals surface area (Å²) in [5.41, 5.74) is 5.44. The number of aromatic amines is 1. The number of halogens is 1. The van der Waals surface area contributed by atoms with Crippen molar-refractivity contribution < 1.29 is 9.90 Å². The fourth-order valence-corrected chi connectivity index (χ4v) is 1.91. The summed E-state index contributed by atoms with van der Waals surface area (Å²) in [6, 6.07) is 8.39. The minimum Gasteiger partial charge on any atom is -0.477 e. The minimum atomic E-state index is -1.28. The highest BCUT2D eigenvalue weighted by molar-refractivity contribution is 9.10. The molecule has 2 rings (SSSR count). The number of hydrogen-bond donors (Lipinski definition) is 3. The molecule has 0 saturated heterocycles. The highest BCUT2D eigenvalue weighted by atomic mass is 79.9. The zero-order chi connectivity index (χ0) is 13.3. The summed E-state index contributed by atoms with van der Waals surface area (Å²) in [7, 11) is 0. The maximum atomic E-state index is 11.6. The predicted molar refractivity (Wildman–Crippen MR) is 71.6 cm³/mol. The number of hydrogen-bond acceptors (Lipinski definition) is 3. The Morgan fingerprint density at radius 3 is 2.44 bits per heavy atom. The summed E-state index contributed by atoms with van der Waals surface area (Å²) >= 11 is 3.29. The fourth-order valence-electron chi connectivity index (χ4n) is 1.65. The van der Waals surface area contributed by atoms with Gasteiger partial charge >= 0.3 is 5.97 Å². The molecule has 0 amide bonds. The number of carboxylic acid groups (broad SMARTS) is 1. The van der Waals surface area contributed by atoms with Crippen molar-refractivity contribution in [3.05, 3.63) is 50.7 Å². The third-order valence-electron chi connectivity index (χ3n) is 2.42. The second-order valence-corrected chi connectivity index (χ2v) is 4.57. The average Bonchev–Trinajstić information content (AvgIpc) is 2.28. The SMILES string of the molecule is Nc1cc(-c2ccc(Br)cc2)c(C(=O)O)c(=O)[nH]1. The maximum absolute atomic E-state index is 11.6. The molecule has 4 N–H and O–H groups in total. The molecule has 0 bridgehead atoms. The first kappa shape index (κ1) is 12.4. The van der Waals surface area contributed by atoms with E-state index in [-0.39, 0.29) is 11.4 Å². The number of H-pyrrole nitrogens is 1. The molecule has 0 spiro atoms. The largest absolute Gasteiger partial charge is 0.477 e. The summed E-state index contributed by atoms with van der Waals surface area (Å²) in [4.78, 5) is 25.0. The van der Waals surface area contributed by atoms with E-state index in [2.05, 4.69) is 20.9 Å². The van der Waals surface area contributed by atoms with Crippen molar-refractivity contribution in [2.24, 2.45) is 0 Å². The first-order chi connectivity index (χ1) is 8.49. The molecule has 6 heteroatoms. The van der Waals surface area contributed by atoms with E-state index in [1.807, 2.05) is 0 Å². The van der Waals surface area contributed by atoms with Gasteiger partial charge in [0.25, 0.3) is 5.56 Å². The third-order valence-corrected chi connectivity index (χ3v) is 2.95. The van der Waals surface area contributed by atoms with E-state index in [4.69, 9.17) is 10.8 Å². The summed E-state index contributed by atoms with van der Waals surface area (Å²) in [6.45, 7) is 0. The maximum Gasteiger partial charge on any atom is 0.341 e. The van der Waals surface area contributed by atoms with Crippen molar-refractivity contribution in [1.82, 2.24) is 4.98 Å². The van der Waals surface area contributed by atoms with Gasteiger partial charge in [-0.1, -0.05) is 28.1 Å². The molecule has 2 aromatic rings. The standard InChI is InChI=1S/C12H9BrN2O3/c13-7-3-1-6(2-4-7)8-5-9(14)15-11(16)10(8)12(17)18/h1-5H,(H,17,18)(H3,14,15,16). The molecule has 1 aromatic carbocycles. The number of nitrogen functional groups attached to an aromatic ring is 1. The lowest BCUT2D eigenvalue weighted by molar-refractivity contribution is 0.0696. The molecular formula is C12H9BrN2O3. The van der Waals surface area contributed by atoms with Gasteiger partial charge in [-0.25, -0.2) is 4.79 Å². The zero-order valence-corrected chi connectivity index (χ0v) is 10.7. The van der Waals surface area contributed by atoms with Crippen LogP contribution in [0.2, 0.25) is 0 Å². The van der Waals surface area contributed by atoms with E-state index >= 15 is 0 Å². The van der Waals surface area contributed by atoms with Crippen LogP contribution in [-0.2, 0) is 0 Å². The monoisotopic (exact) mass is 308 g/mol. The topological polar surface area (TPSA) is 96.2 Å². The van der Waals surface area contributed by atoms with Crippen molar-refractivity contribution in [2.75, 3.05) is 5.73 Å². The third kappa shape index (κ3) is 2.28. The number of carbonyl (C=O) groups is 1. The number of carboxylic acids is 1. The van der Waals surface area contributed by atoms with Crippen molar-refractivity contribution >= 4 is 27.7 Å². The first-order valence-corrected chi connectivity index (χ1v) is 5.80. The van der Waals surface area contributed by atoms with Gasteiger partial charge in [-0.3, -0.25) is 4.79 Å². The second-order valence-electron chi connectivity index (χ2n) is 3.65. The lowest BCUT2D eigenvalue weighted by atomic mass is 10.0. The van der Waals surface area contributed by atoms with E-state index in [1.54, 1.807) is 24.3 Å². The van der Waals surface area contributed by atoms with Crippen LogP contribution in [0.15, 0.2) is 39.6 Å². The van der Waals surface area contributed by atoms with Crippen LogP contribution in [0.1, 0.15) is 10.4 Å². The van der Waals surface area contributed by atoms with Crippen LogP contribution >= 0.6 is 15.9 Å². The van der Waals surface area contributed by atoms with Crippen molar-refractivity contribution in [2.45, 2.75) is 0 Å². The van der Waals surface area contributed by atoms with Gasteiger partial charge in [0, 0.05) is 10.0 Å². The highest BCUT2D eigenvalue weighted by Gasteiger charge is 2.17. The van der Waals surface area contributed by atoms with Crippen molar-refractivity contribution in [3.8, 4) is 11.1 Å². The molecule has 92 valence electrons. The number of nitrogens with two attached hydrogens (primary N) is 1. The molecule has 0 aliphatic rings. The summed E-state index contributed by atoms with van der Waals surface area (Å²) in [5.74, 6) is -1.16. The smallest absolute Gasteiger partial charge is 0.341 e. The summed E-state index contributed by atoms with van der Waals surface area (Å²) < 4.78 is 0.862. The molecule has 0 unspecified atom stereocenters. The molecule has 1 aromatic heterocycles. The van der Waals surface area contributed by atoms with E-state index in [1.165, 1.54) is 6.07 Å². The van der Waals surface area contributed by atoms with Crippen LogP contribution in [0, 0.1) is 0 Å². The van der Waals surface area contributed by atoms with Crippen LogP contribution < -0.4 is 11.3 Å². The number of pyridine rings is 1. The van der Waals surface area contributed by atoms with E-state index in [0.29, 0.717) is 11.1 Å². The molecule has 0 radical (unpaired) electrons. The van der Waals surface area contributed by atoms with Gasteiger partial charge in [0.1, 0.15) is 11.4 Å². The second kappa shape index (κ2) is 4.66. The molecule has 1 heterocycles. The van der Waals surface area contributed by atoms with Gasteiger partial charge in [0.15, 0.2) is 0 Å². The number of aromatic carboxylic acids is 1. The Kier molecular flexibility index (Phi) is 3.20. The van der Waals surface area contributed by atoms with Gasteiger partial charge in [-0.05, 0) is 23.8 Å². The summed E-state index contributed by atoms with van der Waals surface area (Å²) in [5, 5.41) is 9.08. The fraction of sp³-hybridized carbons (Fsp3) is 0. The molecule has 5 nitrogen and oxygen atoms in total. The molecule has 0 atom stereocenters. The Balaban J connectivity index is 2.73. The number of rotatable bonds is 2. The van der Waals surface area contributed by atoms with E-state index in [0.717, 1.165) is 4.47 Å². The normalized spacial score (nSPS) is 10.3. The van der Waals surface area contributed by atoms with Gasteiger partial charge in [0.05, 0.1) is 0 Å². The van der Waals surface area contributed by atoms with Gasteiger partial charge in [-0.2, -0.15) is 0 Å². The molecule has 0 aliphatic carbocycles. The average molecular weight is 309 g/mol. The van der Waals surface area contributed by atoms with Crippen molar-refractivity contribution in [3.63, 3.8) is 0 Å². The molecule has 18 heavy (non-hydrogen) atoms. The van der Waals surface area contributed by atoms with Crippen LogP contribution in [-0.4, -0.2) is 16.1 Å². The Morgan fingerprint density at radius 1 is 1.28 bits per heavy atom. The molecule has 0 saturated carbocycles. The van der Waals surface area contributed by atoms with Crippen LogP contribution in [0.25, 0.3) is 11.1 Å². The lowest BCUT2D eigenvalue weighted by Crippen LogP contribution is -2.20. The number of nitrogens with one attached hydrogen (secondary N) is 1. The Bertz CT molecular complexity index is 662. The Labute approximate surface area is 110 Å². The predicted octanol–water partition coefficient (Wildman–Crippen LogP) is 2.08. The minimum absolute atomic E-state index is 0.128. The number of benzene rings is 1. The van der Waals surface area contributed by atoms with Crippen LogP contribution in [0.3, 0.4) is 0 Å². The van der Waals surface area contributed by atoms with E-state index < -0.39 is 11.5 Å².